The number of hydrogen-bond donors (Lipinski definition) is 2. The van der Waals surface area contributed by atoms with E-state index < -0.39 is 12.0 Å². The Morgan fingerprint density at radius 3 is 2.52 bits per heavy atom. The van der Waals surface area contributed by atoms with Crippen LogP contribution in [0.1, 0.15) is 18.4 Å². The summed E-state index contributed by atoms with van der Waals surface area (Å²) in [4.78, 5) is 26.1. The first-order chi connectivity index (χ1) is 12.1. The largest absolute Gasteiger partial charge is 0.480 e. The average Bonchev–Trinajstić information content (AvgIpc) is 3.12. The van der Waals surface area contributed by atoms with E-state index in [0.717, 1.165) is 17.7 Å². The minimum absolute atomic E-state index is 0.351. The molecule has 2 aromatic carbocycles. The van der Waals surface area contributed by atoms with Gasteiger partial charge in [0.2, 0.25) is 0 Å². The van der Waals surface area contributed by atoms with Gasteiger partial charge in [-0.3, -0.25) is 0 Å². The molecule has 1 saturated heterocycles. The predicted octanol–water partition coefficient (Wildman–Crippen LogP) is 4.06. The summed E-state index contributed by atoms with van der Waals surface area (Å²) >= 11 is 1.76. The lowest BCUT2D eigenvalue weighted by molar-refractivity contribution is -0.141. The molecule has 0 radical (unpaired) electrons. The van der Waals surface area contributed by atoms with Crippen LogP contribution in [0.5, 0.6) is 0 Å². The van der Waals surface area contributed by atoms with Gasteiger partial charge in [0.1, 0.15) is 6.04 Å². The zero-order chi connectivity index (χ0) is 17.6. The Bertz CT molecular complexity index is 734. The van der Waals surface area contributed by atoms with Crippen LogP contribution in [0.3, 0.4) is 0 Å². The minimum atomic E-state index is -0.944. The van der Waals surface area contributed by atoms with E-state index in [2.05, 4.69) is 17.4 Å². The summed E-state index contributed by atoms with van der Waals surface area (Å²) in [6.07, 6.45) is 1.23. The number of carbonyl (C=O) groups is 2. The molecule has 2 amide bonds. The maximum atomic E-state index is 12.3. The molecular weight excluding hydrogens is 336 g/mol. The van der Waals surface area contributed by atoms with Crippen molar-refractivity contribution in [2.24, 2.45) is 0 Å². The number of hydrogen-bond acceptors (Lipinski definition) is 3. The SMILES string of the molecule is O=C(O)C1CCCN1C(=O)Nc1ccc(CSc2ccccc2)cc1. The first kappa shape index (κ1) is 17.4. The molecule has 1 aliphatic rings. The molecule has 3 rings (SSSR count). The Hall–Kier alpha value is -2.47. The highest BCUT2D eigenvalue weighted by molar-refractivity contribution is 7.98. The fourth-order valence-electron chi connectivity index (χ4n) is 2.83. The predicted molar refractivity (Wildman–Crippen MR) is 98.8 cm³/mol. The van der Waals surface area contributed by atoms with Gasteiger partial charge in [-0.2, -0.15) is 0 Å². The summed E-state index contributed by atoms with van der Waals surface area (Å²) in [7, 11) is 0. The Labute approximate surface area is 151 Å². The van der Waals surface area contributed by atoms with E-state index in [1.54, 1.807) is 11.8 Å². The van der Waals surface area contributed by atoms with Crippen LogP contribution in [0, 0.1) is 0 Å². The summed E-state index contributed by atoms with van der Waals surface area (Å²) in [5, 5.41) is 12.0. The first-order valence-electron chi connectivity index (χ1n) is 8.21. The maximum absolute atomic E-state index is 12.3. The highest BCUT2D eigenvalue weighted by Crippen LogP contribution is 2.24. The van der Waals surface area contributed by atoms with Gasteiger partial charge in [-0.1, -0.05) is 30.3 Å². The molecule has 0 aromatic heterocycles. The Morgan fingerprint density at radius 2 is 1.84 bits per heavy atom. The summed E-state index contributed by atoms with van der Waals surface area (Å²) in [5.74, 6) is -0.0909. The van der Waals surface area contributed by atoms with Gasteiger partial charge >= 0.3 is 12.0 Å². The number of benzene rings is 2. The lowest BCUT2D eigenvalue weighted by Gasteiger charge is -2.21. The highest BCUT2D eigenvalue weighted by atomic mass is 32.2. The minimum Gasteiger partial charge on any atom is -0.480 e. The van der Waals surface area contributed by atoms with Crippen molar-refractivity contribution in [2.75, 3.05) is 11.9 Å². The van der Waals surface area contributed by atoms with Crippen LogP contribution in [0.25, 0.3) is 0 Å². The topological polar surface area (TPSA) is 69.6 Å². The number of thioether (sulfide) groups is 1. The van der Waals surface area contributed by atoms with E-state index in [4.69, 9.17) is 5.11 Å². The summed E-state index contributed by atoms with van der Waals surface area (Å²) in [6.45, 7) is 0.481. The quantitative estimate of drug-likeness (QED) is 0.793. The van der Waals surface area contributed by atoms with E-state index >= 15 is 0 Å². The van der Waals surface area contributed by atoms with E-state index in [9.17, 15) is 9.59 Å². The van der Waals surface area contributed by atoms with Crippen molar-refractivity contribution in [3.63, 3.8) is 0 Å². The molecule has 0 saturated carbocycles. The van der Waals surface area contributed by atoms with Gasteiger partial charge in [-0.05, 0) is 42.7 Å². The number of likely N-dealkylation sites (tertiary alicyclic amines) is 1. The second kappa shape index (κ2) is 8.07. The summed E-state index contributed by atoms with van der Waals surface area (Å²) in [6, 6.07) is 16.8. The second-order valence-corrected chi connectivity index (χ2v) is 6.97. The highest BCUT2D eigenvalue weighted by Gasteiger charge is 2.33. The number of nitrogens with zero attached hydrogens (tertiary/aromatic N) is 1. The fourth-order valence-corrected chi connectivity index (χ4v) is 3.70. The van der Waals surface area contributed by atoms with Crippen LogP contribution in [0.2, 0.25) is 0 Å². The Morgan fingerprint density at radius 1 is 1.12 bits per heavy atom. The van der Waals surface area contributed by atoms with Crippen LogP contribution in [0.4, 0.5) is 10.5 Å². The van der Waals surface area contributed by atoms with E-state index in [1.165, 1.54) is 9.80 Å². The molecule has 1 heterocycles. The second-order valence-electron chi connectivity index (χ2n) is 5.92. The van der Waals surface area contributed by atoms with Gasteiger partial charge in [-0.25, -0.2) is 9.59 Å². The molecule has 0 aliphatic carbocycles. The number of urea groups is 1. The average molecular weight is 356 g/mol. The smallest absolute Gasteiger partial charge is 0.326 e. The summed E-state index contributed by atoms with van der Waals surface area (Å²) < 4.78 is 0. The molecule has 6 heteroatoms. The van der Waals surface area contributed by atoms with Crippen molar-refractivity contribution in [2.45, 2.75) is 29.5 Å². The van der Waals surface area contributed by atoms with Crippen LogP contribution >= 0.6 is 11.8 Å². The van der Waals surface area contributed by atoms with E-state index in [-0.39, 0.29) is 6.03 Å². The van der Waals surface area contributed by atoms with Crippen LogP contribution in [-0.4, -0.2) is 34.6 Å². The molecule has 2 N–H and O–H groups in total. The van der Waals surface area contributed by atoms with Gasteiger partial charge in [0.05, 0.1) is 0 Å². The van der Waals surface area contributed by atoms with Gasteiger partial charge < -0.3 is 15.3 Å². The van der Waals surface area contributed by atoms with E-state index in [1.807, 2.05) is 42.5 Å². The Balaban J connectivity index is 1.55. The number of carbonyl (C=O) groups excluding carboxylic acids is 1. The number of carboxylic acid groups (broad SMARTS) is 1. The van der Waals surface area contributed by atoms with Crippen molar-refractivity contribution in [3.05, 3.63) is 60.2 Å². The number of aliphatic carboxylic acids is 1. The molecule has 5 nitrogen and oxygen atoms in total. The van der Waals surface area contributed by atoms with Crippen LogP contribution < -0.4 is 5.32 Å². The van der Waals surface area contributed by atoms with Gasteiger partial charge in [0.25, 0.3) is 0 Å². The lowest BCUT2D eigenvalue weighted by Crippen LogP contribution is -2.42. The summed E-state index contributed by atoms with van der Waals surface area (Å²) in [5.41, 5.74) is 1.84. The monoisotopic (exact) mass is 356 g/mol. The standard InChI is InChI=1S/C19H20N2O3S/c22-18(23)17-7-4-12-21(17)19(24)20-15-10-8-14(9-11-15)13-25-16-5-2-1-3-6-16/h1-3,5-6,8-11,17H,4,7,12-13H2,(H,20,24)(H,22,23). The zero-order valence-corrected chi connectivity index (χ0v) is 14.5. The normalized spacial score (nSPS) is 16.6. The fraction of sp³-hybridized carbons (Fsp3) is 0.263. The molecule has 25 heavy (non-hydrogen) atoms. The molecule has 1 fully saturated rings. The molecular formula is C19H20N2O3S. The molecule has 1 atom stereocenters. The molecule has 0 bridgehead atoms. The third kappa shape index (κ3) is 4.54. The number of carboxylic acids is 1. The lowest BCUT2D eigenvalue weighted by atomic mass is 10.2. The van der Waals surface area contributed by atoms with Crippen molar-refractivity contribution in [1.82, 2.24) is 4.90 Å². The maximum Gasteiger partial charge on any atom is 0.326 e. The van der Waals surface area contributed by atoms with Crippen molar-refractivity contribution >= 4 is 29.4 Å². The van der Waals surface area contributed by atoms with Gasteiger partial charge in [-0.15, -0.1) is 11.8 Å². The Kier molecular flexibility index (Phi) is 5.60. The third-order valence-electron chi connectivity index (χ3n) is 4.15. The number of nitrogens with one attached hydrogen (secondary N) is 1. The van der Waals surface area contributed by atoms with Crippen LogP contribution in [0.15, 0.2) is 59.5 Å². The van der Waals surface area contributed by atoms with Crippen molar-refractivity contribution < 1.29 is 14.7 Å². The first-order valence-corrected chi connectivity index (χ1v) is 9.19. The van der Waals surface area contributed by atoms with E-state index in [0.29, 0.717) is 18.7 Å². The number of rotatable bonds is 5. The molecule has 1 aliphatic heterocycles. The van der Waals surface area contributed by atoms with Crippen LogP contribution in [-0.2, 0) is 10.5 Å². The number of amides is 2. The van der Waals surface area contributed by atoms with Gasteiger partial charge in [0.15, 0.2) is 0 Å². The van der Waals surface area contributed by atoms with Crippen molar-refractivity contribution in [1.29, 1.82) is 0 Å². The number of anilines is 1. The molecule has 130 valence electrons. The zero-order valence-electron chi connectivity index (χ0n) is 13.7. The molecule has 0 spiro atoms. The third-order valence-corrected chi connectivity index (χ3v) is 5.24. The molecule has 1 unspecified atom stereocenters. The molecule has 2 aromatic rings. The van der Waals surface area contributed by atoms with Crippen molar-refractivity contribution in [3.8, 4) is 0 Å². The van der Waals surface area contributed by atoms with Gasteiger partial charge in [0, 0.05) is 22.9 Å².